The van der Waals surface area contributed by atoms with Crippen LogP contribution in [-0.4, -0.2) is 17.5 Å². The molecule has 0 aliphatic carbocycles. The lowest BCUT2D eigenvalue weighted by Crippen LogP contribution is -1.96. The van der Waals surface area contributed by atoms with Gasteiger partial charge in [-0.15, -0.1) is 16.9 Å². The number of hydrogen-bond donors (Lipinski definition) is 0. The maximum atomic E-state index is 3.91. The van der Waals surface area contributed by atoms with Crippen molar-refractivity contribution < 1.29 is 0 Å². The van der Waals surface area contributed by atoms with Crippen LogP contribution in [0.25, 0.3) is 0 Å². The van der Waals surface area contributed by atoms with Crippen LogP contribution in [0.3, 0.4) is 0 Å². The highest BCUT2D eigenvalue weighted by atomic mass is 32.2. The van der Waals surface area contributed by atoms with Crippen molar-refractivity contribution in [3.63, 3.8) is 0 Å². The van der Waals surface area contributed by atoms with Gasteiger partial charge in [-0.25, -0.2) is 0 Å². The van der Waals surface area contributed by atoms with Crippen molar-refractivity contribution in [2.75, 3.05) is 5.75 Å². The van der Waals surface area contributed by atoms with Crippen molar-refractivity contribution in [2.45, 2.75) is 27.2 Å². The first-order chi connectivity index (χ1) is 5.20. The van der Waals surface area contributed by atoms with Crippen LogP contribution in [0.1, 0.15) is 27.2 Å². The van der Waals surface area contributed by atoms with E-state index < -0.39 is 0 Å². The summed E-state index contributed by atoms with van der Waals surface area (Å²) in [4.78, 5) is 0. The molecule has 0 N–H and O–H groups in total. The van der Waals surface area contributed by atoms with Gasteiger partial charge in [-0.1, -0.05) is 20.8 Å². The molecule has 0 atom stereocenters. The second-order valence-corrected chi connectivity index (χ2v) is 3.79. The standard InChI is InChI=1S/C8H16N2S/c1-5-8(10-9-4)11-6-7(2)3/h7H,4-6H2,1-3H3/b10-8-. The average Bonchev–Trinajstić information content (AvgIpc) is 1.97. The Morgan fingerprint density at radius 2 is 2.18 bits per heavy atom. The molecule has 0 aliphatic heterocycles. The van der Waals surface area contributed by atoms with Gasteiger partial charge in [0.05, 0.1) is 5.04 Å². The van der Waals surface area contributed by atoms with E-state index >= 15 is 0 Å². The number of rotatable bonds is 4. The van der Waals surface area contributed by atoms with E-state index in [0.29, 0.717) is 5.92 Å². The molecule has 0 radical (unpaired) electrons. The Morgan fingerprint density at radius 3 is 2.55 bits per heavy atom. The third kappa shape index (κ3) is 6.10. The van der Waals surface area contributed by atoms with Crippen LogP contribution >= 0.6 is 11.8 Å². The largest absolute Gasteiger partial charge is 0.166 e. The molecular formula is C8H16N2S. The molecule has 64 valence electrons. The molecule has 11 heavy (non-hydrogen) atoms. The molecule has 0 bridgehead atoms. The monoisotopic (exact) mass is 172 g/mol. The Bertz CT molecular complexity index is 141. The highest BCUT2D eigenvalue weighted by Gasteiger charge is 1.99. The van der Waals surface area contributed by atoms with Gasteiger partial charge >= 0.3 is 0 Å². The first kappa shape index (κ1) is 10.7. The lowest BCUT2D eigenvalue weighted by molar-refractivity contribution is 0.752. The molecule has 0 aliphatic rings. The van der Waals surface area contributed by atoms with E-state index in [1.165, 1.54) is 0 Å². The van der Waals surface area contributed by atoms with Crippen LogP contribution in [0.5, 0.6) is 0 Å². The summed E-state index contributed by atoms with van der Waals surface area (Å²) in [6.07, 6.45) is 0.955. The molecule has 0 aromatic heterocycles. The minimum atomic E-state index is 0.710. The van der Waals surface area contributed by atoms with Crippen LogP contribution in [0.4, 0.5) is 0 Å². The summed E-state index contributed by atoms with van der Waals surface area (Å²) in [5, 5.41) is 8.49. The van der Waals surface area contributed by atoms with E-state index in [0.717, 1.165) is 17.2 Å². The van der Waals surface area contributed by atoms with Crippen molar-refractivity contribution in [1.29, 1.82) is 0 Å². The Kier molecular flexibility index (Phi) is 6.22. The minimum Gasteiger partial charge on any atom is -0.166 e. The van der Waals surface area contributed by atoms with Gasteiger partial charge in [0.25, 0.3) is 0 Å². The van der Waals surface area contributed by atoms with Gasteiger partial charge in [0.15, 0.2) is 0 Å². The van der Waals surface area contributed by atoms with Gasteiger partial charge in [0.1, 0.15) is 0 Å². The lowest BCUT2D eigenvalue weighted by Gasteiger charge is -2.03. The Hall–Kier alpha value is -0.310. The fourth-order valence-corrected chi connectivity index (χ4v) is 1.39. The van der Waals surface area contributed by atoms with E-state index in [9.17, 15) is 0 Å². The highest BCUT2D eigenvalue weighted by molar-refractivity contribution is 8.13. The van der Waals surface area contributed by atoms with Gasteiger partial charge in [-0.2, -0.15) is 5.10 Å². The second-order valence-electron chi connectivity index (χ2n) is 2.69. The summed E-state index contributed by atoms with van der Waals surface area (Å²) in [5.41, 5.74) is 0. The van der Waals surface area contributed by atoms with Crippen molar-refractivity contribution in [2.24, 2.45) is 16.1 Å². The zero-order valence-electron chi connectivity index (χ0n) is 7.50. The maximum absolute atomic E-state index is 3.91. The topological polar surface area (TPSA) is 24.7 Å². The van der Waals surface area contributed by atoms with Crippen molar-refractivity contribution in [3.8, 4) is 0 Å². The minimum absolute atomic E-state index is 0.710. The fourth-order valence-electron chi connectivity index (χ4n) is 0.543. The third-order valence-corrected chi connectivity index (χ3v) is 2.60. The summed E-state index contributed by atoms with van der Waals surface area (Å²) in [6, 6.07) is 0. The fraction of sp³-hybridized carbons (Fsp3) is 0.750. The van der Waals surface area contributed by atoms with E-state index in [2.05, 4.69) is 37.7 Å². The molecule has 0 unspecified atom stereocenters. The molecule has 0 fully saturated rings. The summed E-state index contributed by atoms with van der Waals surface area (Å²) < 4.78 is 0. The van der Waals surface area contributed by atoms with Crippen LogP contribution in [0.15, 0.2) is 10.2 Å². The molecule has 0 spiro atoms. The molecule has 0 aromatic rings. The van der Waals surface area contributed by atoms with Gasteiger partial charge in [0.2, 0.25) is 0 Å². The summed E-state index contributed by atoms with van der Waals surface area (Å²) >= 11 is 1.77. The molecule has 0 saturated heterocycles. The summed E-state index contributed by atoms with van der Waals surface area (Å²) in [6.45, 7) is 9.80. The average molecular weight is 172 g/mol. The van der Waals surface area contributed by atoms with Crippen molar-refractivity contribution in [3.05, 3.63) is 0 Å². The molecule has 0 saturated carbocycles. The predicted molar refractivity (Wildman–Crippen MR) is 54.6 cm³/mol. The molecule has 0 rings (SSSR count). The molecule has 0 aromatic carbocycles. The lowest BCUT2D eigenvalue weighted by atomic mass is 10.3. The van der Waals surface area contributed by atoms with Gasteiger partial charge < -0.3 is 0 Å². The normalized spacial score (nSPS) is 12.2. The summed E-state index contributed by atoms with van der Waals surface area (Å²) in [5.74, 6) is 1.82. The van der Waals surface area contributed by atoms with Gasteiger partial charge in [-0.05, 0) is 12.3 Å². The summed E-state index contributed by atoms with van der Waals surface area (Å²) in [7, 11) is 0. The van der Waals surface area contributed by atoms with Crippen LogP contribution in [0, 0.1) is 5.92 Å². The maximum Gasteiger partial charge on any atom is 0.0955 e. The quantitative estimate of drug-likeness (QED) is 0.363. The van der Waals surface area contributed by atoms with Crippen LogP contribution in [-0.2, 0) is 0 Å². The number of nitrogens with zero attached hydrogens (tertiary/aromatic N) is 2. The van der Waals surface area contributed by atoms with E-state index in [1.807, 2.05) is 0 Å². The highest BCUT2D eigenvalue weighted by Crippen LogP contribution is 2.12. The molecule has 2 nitrogen and oxygen atoms in total. The zero-order chi connectivity index (χ0) is 8.69. The first-order valence-electron chi connectivity index (χ1n) is 3.86. The van der Waals surface area contributed by atoms with Crippen LogP contribution < -0.4 is 0 Å². The first-order valence-corrected chi connectivity index (χ1v) is 4.84. The van der Waals surface area contributed by atoms with Gasteiger partial charge in [-0.3, -0.25) is 0 Å². The smallest absolute Gasteiger partial charge is 0.0955 e. The van der Waals surface area contributed by atoms with Crippen LogP contribution in [0.2, 0.25) is 0 Å². The van der Waals surface area contributed by atoms with E-state index in [1.54, 1.807) is 11.8 Å². The van der Waals surface area contributed by atoms with E-state index in [4.69, 9.17) is 0 Å². The third-order valence-electron chi connectivity index (χ3n) is 1.07. The van der Waals surface area contributed by atoms with Gasteiger partial charge in [0, 0.05) is 12.5 Å². The number of thioether (sulfide) groups is 1. The molecule has 0 heterocycles. The number of hydrogen-bond acceptors (Lipinski definition) is 3. The predicted octanol–water partition coefficient (Wildman–Crippen LogP) is 2.80. The second kappa shape index (κ2) is 6.40. The molecule has 3 heteroatoms. The molecular weight excluding hydrogens is 156 g/mol. The molecule has 0 amide bonds. The van der Waals surface area contributed by atoms with E-state index in [-0.39, 0.29) is 0 Å². The Morgan fingerprint density at radius 1 is 1.55 bits per heavy atom. The van der Waals surface area contributed by atoms with Crippen molar-refractivity contribution in [1.82, 2.24) is 0 Å². The Balaban J connectivity index is 3.69. The SMILES string of the molecule is C=N/N=C(/CC)SCC(C)C. The van der Waals surface area contributed by atoms with Crippen molar-refractivity contribution >= 4 is 23.5 Å². The Labute approximate surface area is 73.2 Å². The zero-order valence-corrected chi connectivity index (χ0v) is 8.32.